The minimum Gasteiger partial charge on any atom is -0.477 e. The molecule has 8 nitrogen and oxygen atoms in total. The van der Waals surface area contributed by atoms with E-state index >= 15 is 0 Å². The fourth-order valence-corrected chi connectivity index (χ4v) is 2.99. The summed E-state index contributed by atoms with van der Waals surface area (Å²) in [6, 6.07) is 2.94. The molecular formula is C12H16N4O4S. The molecule has 0 bridgehead atoms. The summed E-state index contributed by atoms with van der Waals surface area (Å²) in [4.78, 5) is 10.9. The number of carboxylic acids is 1. The number of nitrogens with zero attached hydrogens (tertiary/aromatic N) is 3. The van der Waals surface area contributed by atoms with Crippen LogP contribution in [-0.4, -0.2) is 40.4 Å². The molecule has 0 atom stereocenters. The lowest BCUT2D eigenvalue weighted by Gasteiger charge is -2.03. The van der Waals surface area contributed by atoms with Gasteiger partial charge in [-0.2, -0.15) is 5.10 Å². The van der Waals surface area contributed by atoms with Gasteiger partial charge >= 0.3 is 5.97 Å². The third-order valence-corrected chi connectivity index (χ3v) is 4.38. The van der Waals surface area contributed by atoms with Crippen LogP contribution in [0.3, 0.4) is 0 Å². The number of hydrogen-bond donors (Lipinski definition) is 2. The lowest BCUT2D eigenvalue weighted by Crippen LogP contribution is -2.25. The average Bonchev–Trinajstić information content (AvgIpc) is 2.96. The molecular weight excluding hydrogens is 296 g/mol. The van der Waals surface area contributed by atoms with Gasteiger partial charge in [0.1, 0.15) is 10.6 Å². The molecule has 0 saturated heterocycles. The molecule has 2 rings (SSSR count). The molecule has 2 aromatic heterocycles. The van der Waals surface area contributed by atoms with Gasteiger partial charge in [0, 0.05) is 39.5 Å². The second-order valence-corrected chi connectivity index (χ2v) is 6.37. The van der Waals surface area contributed by atoms with Gasteiger partial charge in [0.15, 0.2) is 0 Å². The number of aromatic carboxylic acids is 1. The number of hydrogen-bond acceptors (Lipinski definition) is 4. The minimum atomic E-state index is -3.73. The number of carbonyl (C=O) groups is 1. The maximum Gasteiger partial charge on any atom is 0.352 e. The zero-order chi connectivity index (χ0) is 15.6. The highest BCUT2D eigenvalue weighted by molar-refractivity contribution is 7.89. The monoisotopic (exact) mass is 312 g/mol. The van der Waals surface area contributed by atoms with E-state index in [1.807, 2.05) is 0 Å². The molecule has 2 heterocycles. The number of sulfonamides is 1. The van der Waals surface area contributed by atoms with Gasteiger partial charge in [0.25, 0.3) is 0 Å². The molecule has 0 radical (unpaired) electrons. The first-order chi connectivity index (χ1) is 9.79. The second kappa shape index (κ2) is 5.70. The first kappa shape index (κ1) is 15.3. The fourth-order valence-electron chi connectivity index (χ4n) is 1.89. The quantitative estimate of drug-likeness (QED) is 0.779. The molecule has 0 aliphatic carbocycles. The molecule has 0 unspecified atom stereocenters. The molecule has 2 aromatic rings. The summed E-state index contributed by atoms with van der Waals surface area (Å²) in [5.41, 5.74) is 0.694. The highest BCUT2D eigenvalue weighted by Crippen LogP contribution is 2.13. The standard InChI is InChI=1S/C12H16N4O4S/c1-15-8-10(7-11(15)12(17)18)21(19,20)13-5-3-9-4-6-16(2)14-9/h4,6-8,13H,3,5H2,1-2H3,(H,17,18). The van der Waals surface area contributed by atoms with Crippen LogP contribution < -0.4 is 4.72 Å². The van der Waals surface area contributed by atoms with Gasteiger partial charge in [0.2, 0.25) is 10.0 Å². The van der Waals surface area contributed by atoms with E-state index in [9.17, 15) is 13.2 Å². The van der Waals surface area contributed by atoms with E-state index in [1.54, 1.807) is 24.0 Å². The summed E-state index contributed by atoms with van der Waals surface area (Å²) < 4.78 is 29.5. The lowest BCUT2D eigenvalue weighted by atomic mass is 10.3. The molecule has 0 aliphatic heterocycles. The van der Waals surface area contributed by atoms with E-state index in [-0.39, 0.29) is 17.1 Å². The number of nitrogens with one attached hydrogen (secondary N) is 1. The zero-order valence-corrected chi connectivity index (χ0v) is 12.5. The van der Waals surface area contributed by atoms with Crippen molar-refractivity contribution in [2.45, 2.75) is 11.3 Å². The Morgan fingerprint density at radius 3 is 2.67 bits per heavy atom. The van der Waals surface area contributed by atoms with Crippen LogP contribution in [0.2, 0.25) is 0 Å². The van der Waals surface area contributed by atoms with Crippen molar-refractivity contribution in [1.82, 2.24) is 19.1 Å². The second-order valence-electron chi connectivity index (χ2n) is 4.61. The molecule has 21 heavy (non-hydrogen) atoms. The molecule has 0 fully saturated rings. The number of aromatic nitrogens is 3. The Bertz CT molecular complexity index is 760. The van der Waals surface area contributed by atoms with Crippen LogP contribution in [-0.2, 0) is 30.5 Å². The van der Waals surface area contributed by atoms with Gasteiger partial charge in [-0.3, -0.25) is 4.68 Å². The van der Waals surface area contributed by atoms with Crippen molar-refractivity contribution in [3.63, 3.8) is 0 Å². The maximum atomic E-state index is 12.1. The van der Waals surface area contributed by atoms with Crippen LogP contribution in [0.5, 0.6) is 0 Å². The molecule has 9 heteroatoms. The highest BCUT2D eigenvalue weighted by atomic mass is 32.2. The Labute approximate surface area is 122 Å². The predicted octanol–water partition coefficient (Wildman–Crippen LogP) is -0.0222. The van der Waals surface area contributed by atoms with Crippen molar-refractivity contribution < 1.29 is 18.3 Å². The van der Waals surface area contributed by atoms with Crippen molar-refractivity contribution >= 4 is 16.0 Å². The van der Waals surface area contributed by atoms with Crippen LogP contribution in [0.1, 0.15) is 16.2 Å². The van der Waals surface area contributed by atoms with E-state index in [1.165, 1.54) is 17.8 Å². The van der Waals surface area contributed by atoms with Crippen LogP contribution in [0.4, 0.5) is 0 Å². The number of rotatable bonds is 6. The summed E-state index contributed by atoms with van der Waals surface area (Å²) >= 11 is 0. The van der Waals surface area contributed by atoms with Gasteiger partial charge < -0.3 is 9.67 Å². The number of carboxylic acid groups (broad SMARTS) is 1. The van der Waals surface area contributed by atoms with Crippen molar-refractivity contribution in [2.75, 3.05) is 6.54 Å². The van der Waals surface area contributed by atoms with E-state index in [2.05, 4.69) is 9.82 Å². The predicted molar refractivity (Wildman–Crippen MR) is 74.5 cm³/mol. The van der Waals surface area contributed by atoms with E-state index in [4.69, 9.17) is 5.11 Å². The van der Waals surface area contributed by atoms with Crippen LogP contribution >= 0.6 is 0 Å². The van der Waals surface area contributed by atoms with Gasteiger partial charge in [-0.05, 0) is 12.1 Å². The van der Waals surface area contributed by atoms with E-state index in [0.29, 0.717) is 6.42 Å². The van der Waals surface area contributed by atoms with Gasteiger partial charge in [-0.25, -0.2) is 17.9 Å². The molecule has 2 N–H and O–H groups in total. The summed E-state index contributed by atoms with van der Waals surface area (Å²) in [5, 5.41) is 13.1. The molecule has 0 aliphatic rings. The maximum absolute atomic E-state index is 12.1. The Hall–Kier alpha value is -2.13. The van der Waals surface area contributed by atoms with Crippen LogP contribution in [0, 0.1) is 0 Å². The Kier molecular flexibility index (Phi) is 4.14. The fraction of sp³-hybridized carbons (Fsp3) is 0.333. The van der Waals surface area contributed by atoms with Gasteiger partial charge in [-0.1, -0.05) is 0 Å². The van der Waals surface area contributed by atoms with Gasteiger partial charge in [-0.15, -0.1) is 0 Å². The van der Waals surface area contributed by atoms with Gasteiger partial charge in [0.05, 0.1) is 5.69 Å². The SMILES string of the molecule is Cn1ccc(CCNS(=O)(=O)c2cc(C(=O)O)n(C)c2)n1. The summed E-state index contributed by atoms with van der Waals surface area (Å²) in [6.07, 6.45) is 3.51. The van der Waals surface area contributed by atoms with Crippen LogP contribution in [0.15, 0.2) is 29.4 Å². The first-order valence-corrected chi connectivity index (χ1v) is 7.66. The Morgan fingerprint density at radius 2 is 2.14 bits per heavy atom. The topological polar surface area (TPSA) is 106 Å². The Morgan fingerprint density at radius 1 is 1.43 bits per heavy atom. The third kappa shape index (κ3) is 3.50. The summed E-state index contributed by atoms with van der Waals surface area (Å²) in [5.74, 6) is -1.17. The van der Waals surface area contributed by atoms with Crippen molar-refractivity contribution in [3.05, 3.63) is 35.9 Å². The zero-order valence-electron chi connectivity index (χ0n) is 11.6. The molecule has 114 valence electrons. The van der Waals surface area contributed by atoms with E-state index < -0.39 is 16.0 Å². The lowest BCUT2D eigenvalue weighted by molar-refractivity contribution is 0.0686. The molecule has 0 spiro atoms. The summed E-state index contributed by atoms with van der Waals surface area (Å²) in [7, 11) is -0.462. The van der Waals surface area contributed by atoms with Crippen molar-refractivity contribution in [3.8, 4) is 0 Å². The molecule has 0 saturated carbocycles. The summed E-state index contributed by atoms with van der Waals surface area (Å²) in [6.45, 7) is 0.191. The minimum absolute atomic E-state index is 0.0663. The highest BCUT2D eigenvalue weighted by Gasteiger charge is 2.19. The smallest absolute Gasteiger partial charge is 0.352 e. The first-order valence-electron chi connectivity index (χ1n) is 6.17. The molecule has 0 amide bonds. The Balaban J connectivity index is 2.04. The van der Waals surface area contributed by atoms with Crippen molar-refractivity contribution in [1.29, 1.82) is 0 Å². The number of aryl methyl sites for hydroxylation is 2. The van der Waals surface area contributed by atoms with E-state index in [0.717, 1.165) is 11.8 Å². The third-order valence-electron chi connectivity index (χ3n) is 2.95. The average molecular weight is 312 g/mol. The van der Waals surface area contributed by atoms with Crippen LogP contribution in [0.25, 0.3) is 0 Å². The normalized spacial score (nSPS) is 11.7. The van der Waals surface area contributed by atoms with Crippen molar-refractivity contribution in [2.24, 2.45) is 14.1 Å². The largest absolute Gasteiger partial charge is 0.477 e. The molecule has 0 aromatic carbocycles.